The summed E-state index contributed by atoms with van der Waals surface area (Å²) in [6.45, 7) is 1.94. The van der Waals surface area contributed by atoms with Crippen LogP contribution in [0.1, 0.15) is 12.5 Å². The average Bonchev–Trinajstić information content (AvgIpc) is 3.32. The van der Waals surface area contributed by atoms with Crippen LogP contribution in [-0.4, -0.2) is 34.2 Å². The maximum absolute atomic E-state index is 12.3. The molecule has 8 heteroatoms. The third-order valence-corrected chi connectivity index (χ3v) is 5.24. The number of fused-ring (bicyclic) bond motifs is 1. The van der Waals surface area contributed by atoms with Gasteiger partial charge in [-0.2, -0.15) is 4.98 Å². The summed E-state index contributed by atoms with van der Waals surface area (Å²) in [5.41, 5.74) is 2.81. The van der Waals surface area contributed by atoms with Crippen molar-refractivity contribution in [1.29, 1.82) is 0 Å². The van der Waals surface area contributed by atoms with Crippen molar-refractivity contribution >= 4 is 28.2 Å². The first kappa shape index (κ1) is 18.9. The van der Waals surface area contributed by atoms with E-state index < -0.39 is 0 Å². The molecule has 29 heavy (non-hydrogen) atoms. The van der Waals surface area contributed by atoms with E-state index in [-0.39, 0.29) is 18.5 Å². The zero-order valence-electron chi connectivity index (χ0n) is 16.1. The second kappa shape index (κ2) is 8.32. The fourth-order valence-corrected chi connectivity index (χ4v) is 3.84. The first-order chi connectivity index (χ1) is 14.2. The van der Waals surface area contributed by atoms with Gasteiger partial charge < -0.3 is 9.47 Å². The number of nitrogens with one attached hydrogen (secondary N) is 1. The molecule has 0 aliphatic rings. The van der Waals surface area contributed by atoms with E-state index in [1.165, 1.54) is 11.3 Å². The predicted molar refractivity (Wildman–Crippen MR) is 113 cm³/mol. The van der Waals surface area contributed by atoms with E-state index in [2.05, 4.69) is 15.4 Å². The number of benzene rings is 2. The number of thiazole rings is 1. The molecule has 2 aromatic heterocycles. The fraction of sp³-hybridized carbons (Fsp3) is 0.190. The Morgan fingerprint density at radius 1 is 1.14 bits per heavy atom. The number of ether oxygens (including phenoxy) is 2. The van der Waals surface area contributed by atoms with Crippen molar-refractivity contribution in [3.8, 4) is 22.8 Å². The van der Waals surface area contributed by atoms with Gasteiger partial charge in [0.05, 0.1) is 12.8 Å². The minimum Gasteiger partial charge on any atom is -0.496 e. The van der Waals surface area contributed by atoms with Crippen molar-refractivity contribution in [2.45, 2.75) is 13.3 Å². The van der Waals surface area contributed by atoms with Crippen LogP contribution in [-0.2, 0) is 11.2 Å². The molecule has 0 bridgehead atoms. The van der Waals surface area contributed by atoms with Gasteiger partial charge in [-0.25, -0.2) is 4.52 Å². The summed E-state index contributed by atoms with van der Waals surface area (Å²) >= 11 is 1.44. The highest BCUT2D eigenvalue weighted by Crippen LogP contribution is 2.32. The summed E-state index contributed by atoms with van der Waals surface area (Å²) in [6.07, 6.45) is 0.836. The zero-order chi connectivity index (χ0) is 20.2. The van der Waals surface area contributed by atoms with E-state index >= 15 is 0 Å². The summed E-state index contributed by atoms with van der Waals surface area (Å²) in [6, 6.07) is 15.4. The van der Waals surface area contributed by atoms with Crippen molar-refractivity contribution in [2.75, 3.05) is 19.0 Å². The van der Waals surface area contributed by atoms with Gasteiger partial charge in [0, 0.05) is 10.9 Å². The van der Waals surface area contributed by atoms with Gasteiger partial charge in [-0.15, -0.1) is 16.4 Å². The van der Waals surface area contributed by atoms with E-state index in [1.807, 2.05) is 60.8 Å². The monoisotopic (exact) mass is 408 g/mol. The molecular weight excluding hydrogens is 388 g/mol. The third-order valence-electron chi connectivity index (χ3n) is 4.43. The fourth-order valence-electron chi connectivity index (χ4n) is 3.02. The van der Waals surface area contributed by atoms with Gasteiger partial charge in [0.2, 0.25) is 4.96 Å². The molecule has 4 aromatic rings. The van der Waals surface area contributed by atoms with Crippen LogP contribution >= 0.6 is 11.3 Å². The lowest BCUT2D eigenvalue weighted by molar-refractivity contribution is -0.118. The number of hydrogen-bond acceptors (Lipinski definition) is 6. The van der Waals surface area contributed by atoms with E-state index in [0.29, 0.717) is 10.7 Å². The highest BCUT2D eigenvalue weighted by molar-refractivity contribution is 7.15. The van der Waals surface area contributed by atoms with Crippen LogP contribution < -0.4 is 14.8 Å². The van der Waals surface area contributed by atoms with E-state index in [4.69, 9.17) is 9.47 Å². The third kappa shape index (κ3) is 3.93. The molecule has 2 aromatic carbocycles. The van der Waals surface area contributed by atoms with Crippen LogP contribution in [0.15, 0.2) is 53.9 Å². The van der Waals surface area contributed by atoms with Gasteiger partial charge in [-0.3, -0.25) is 10.1 Å². The van der Waals surface area contributed by atoms with Crippen molar-refractivity contribution in [1.82, 2.24) is 14.6 Å². The average molecular weight is 408 g/mol. The van der Waals surface area contributed by atoms with Crippen LogP contribution in [0.2, 0.25) is 0 Å². The lowest BCUT2D eigenvalue weighted by Crippen LogP contribution is -2.21. The number of methoxy groups -OCH3 is 1. The molecule has 4 rings (SSSR count). The number of anilines is 1. The molecule has 0 saturated heterocycles. The number of para-hydroxylation sites is 2. The largest absolute Gasteiger partial charge is 0.496 e. The highest BCUT2D eigenvalue weighted by atomic mass is 32.1. The number of aromatic nitrogens is 3. The standard InChI is InChI=1S/C21H20N4O3S/c1-3-14-8-4-6-10-17(14)28-12-19(26)22-20-23-21-25(24-20)16(13-29-21)15-9-5-7-11-18(15)27-2/h4-11,13H,3,12H2,1-2H3,(H,22,24,26). The molecule has 0 aliphatic carbocycles. The first-order valence-corrected chi connectivity index (χ1v) is 10.1. The second-order valence-electron chi connectivity index (χ2n) is 6.25. The van der Waals surface area contributed by atoms with Gasteiger partial charge in [-0.1, -0.05) is 37.3 Å². The number of rotatable bonds is 7. The van der Waals surface area contributed by atoms with Gasteiger partial charge >= 0.3 is 0 Å². The van der Waals surface area contributed by atoms with Crippen molar-refractivity contribution in [2.24, 2.45) is 0 Å². The molecule has 0 aliphatic heterocycles. The number of hydrogen-bond donors (Lipinski definition) is 1. The Kier molecular flexibility index (Phi) is 5.44. The zero-order valence-corrected chi connectivity index (χ0v) is 16.9. The number of aryl methyl sites for hydroxylation is 1. The van der Waals surface area contributed by atoms with Gasteiger partial charge in [0.15, 0.2) is 6.61 Å². The summed E-state index contributed by atoms with van der Waals surface area (Å²) in [5, 5.41) is 9.09. The molecule has 0 fully saturated rings. The summed E-state index contributed by atoms with van der Waals surface area (Å²) < 4.78 is 12.8. The molecular formula is C21H20N4O3S. The number of carbonyl (C=O) groups excluding carboxylic acids is 1. The lowest BCUT2D eigenvalue weighted by Gasteiger charge is -2.09. The lowest BCUT2D eigenvalue weighted by atomic mass is 10.1. The highest BCUT2D eigenvalue weighted by Gasteiger charge is 2.16. The Morgan fingerprint density at radius 3 is 2.69 bits per heavy atom. The topological polar surface area (TPSA) is 77.8 Å². The Labute approximate surface area is 171 Å². The maximum atomic E-state index is 12.3. The summed E-state index contributed by atoms with van der Waals surface area (Å²) in [4.78, 5) is 17.4. The summed E-state index contributed by atoms with van der Waals surface area (Å²) in [5.74, 6) is 1.39. The van der Waals surface area contributed by atoms with Gasteiger partial charge in [-0.05, 0) is 30.2 Å². The Morgan fingerprint density at radius 2 is 1.90 bits per heavy atom. The molecule has 1 amide bonds. The molecule has 7 nitrogen and oxygen atoms in total. The summed E-state index contributed by atoms with van der Waals surface area (Å²) in [7, 11) is 1.63. The molecule has 0 radical (unpaired) electrons. The Hall–Kier alpha value is -3.39. The predicted octanol–water partition coefficient (Wildman–Crippen LogP) is 4.05. The van der Waals surface area contributed by atoms with Crippen molar-refractivity contribution in [3.05, 3.63) is 59.5 Å². The van der Waals surface area contributed by atoms with Crippen molar-refractivity contribution < 1.29 is 14.3 Å². The molecule has 0 spiro atoms. The van der Waals surface area contributed by atoms with E-state index in [9.17, 15) is 4.79 Å². The van der Waals surface area contributed by atoms with E-state index in [1.54, 1.807) is 11.6 Å². The molecule has 148 valence electrons. The smallest absolute Gasteiger partial charge is 0.264 e. The van der Waals surface area contributed by atoms with Crippen LogP contribution in [0.3, 0.4) is 0 Å². The number of amides is 1. The molecule has 2 heterocycles. The van der Waals surface area contributed by atoms with E-state index in [0.717, 1.165) is 29.0 Å². The Balaban J connectivity index is 1.49. The van der Waals surface area contributed by atoms with Crippen molar-refractivity contribution in [3.63, 3.8) is 0 Å². The van der Waals surface area contributed by atoms with Crippen LogP contribution in [0.5, 0.6) is 11.5 Å². The second-order valence-corrected chi connectivity index (χ2v) is 7.09. The minimum atomic E-state index is -0.312. The molecule has 1 N–H and O–H groups in total. The minimum absolute atomic E-state index is 0.108. The maximum Gasteiger partial charge on any atom is 0.264 e. The van der Waals surface area contributed by atoms with Crippen LogP contribution in [0, 0.1) is 0 Å². The Bertz CT molecular complexity index is 1150. The molecule has 0 saturated carbocycles. The van der Waals surface area contributed by atoms with Gasteiger partial charge in [0.1, 0.15) is 11.5 Å². The quantitative estimate of drug-likeness (QED) is 0.499. The number of nitrogens with zero attached hydrogens (tertiary/aromatic N) is 3. The van der Waals surface area contributed by atoms with Crippen LogP contribution in [0.25, 0.3) is 16.2 Å². The van der Waals surface area contributed by atoms with Crippen LogP contribution in [0.4, 0.5) is 5.95 Å². The normalized spacial score (nSPS) is 10.8. The number of carbonyl (C=O) groups is 1. The SMILES string of the molecule is CCc1ccccc1OCC(=O)Nc1nc2scc(-c3ccccc3OC)n2n1. The molecule has 0 atom stereocenters. The van der Waals surface area contributed by atoms with Gasteiger partial charge in [0.25, 0.3) is 11.9 Å². The molecule has 0 unspecified atom stereocenters. The first-order valence-electron chi connectivity index (χ1n) is 9.17.